The fraction of sp³-hybridized carbons (Fsp3) is 0.367. The Bertz CT molecular complexity index is 1860. The summed E-state index contributed by atoms with van der Waals surface area (Å²) in [6.07, 6.45) is -6.24. The molecule has 2 atom stereocenters. The molecule has 1 fully saturated rings. The molecule has 276 valence electrons. The van der Waals surface area contributed by atoms with Gasteiger partial charge in [-0.05, 0) is 57.0 Å². The number of benzene rings is 2. The number of carboxylic acids is 2. The van der Waals surface area contributed by atoms with Gasteiger partial charge in [-0.15, -0.1) is 0 Å². The number of aliphatic carboxylic acids is 2. The van der Waals surface area contributed by atoms with Crippen LogP contribution >= 0.6 is 11.3 Å². The zero-order valence-electron chi connectivity index (χ0n) is 26.8. The molecule has 0 spiro atoms. The fourth-order valence-electron chi connectivity index (χ4n) is 4.67. The van der Waals surface area contributed by atoms with Crippen molar-refractivity contribution in [1.82, 2.24) is 20.3 Å². The summed E-state index contributed by atoms with van der Waals surface area (Å²) < 4.78 is 70.0. The van der Waals surface area contributed by atoms with Crippen molar-refractivity contribution in [1.29, 1.82) is 5.41 Å². The second kappa shape index (κ2) is 17.0. The average molecular weight is 747 g/mol. The Morgan fingerprint density at radius 3 is 2.10 bits per heavy atom. The predicted octanol–water partition coefficient (Wildman–Crippen LogP) is 5.67. The number of carbonyl (C=O) groups excluding carboxylic acids is 1. The predicted molar refractivity (Wildman–Crippen MR) is 175 cm³/mol. The van der Waals surface area contributed by atoms with Crippen molar-refractivity contribution < 1.29 is 55.7 Å². The van der Waals surface area contributed by atoms with Crippen LogP contribution in [0.4, 0.5) is 37.3 Å². The Morgan fingerprint density at radius 2 is 1.53 bits per heavy atom. The van der Waals surface area contributed by atoms with E-state index in [1.54, 1.807) is 0 Å². The van der Waals surface area contributed by atoms with Gasteiger partial charge in [0, 0.05) is 17.5 Å². The highest BCUT2D eigenvalue weighted by atomic mass is 32.1. The largest absolute Gasteiger partial charge is 0.494 e. The third-order valence-corrected chi connectivity index (χ3v) is 7.79. The van der Waals surface area contributed by atoms with Crippen LogP contribution in [0.5, 0.6) is 5.75 Å². The molecular formula is C30H32F6N8O6S. The molecule has 2 aromatic heterocycles. The van der Waals surface area contributed by atoms with Gasteiger partial charge in [-0.2, -0.15) is 26.3 Å². The van der Waals surface area contributed by atoms with E-state index in [0.29, 0.717) is 23.1 Å². The Kier molecular flexibility index (Phi) is 13.3. The highest BCUT2D eigenvalue weighted by Crippen LogP contribution is 2.31. The molecule has 0 saturated heterocycles. The maximum Gasteiger partial charge on any atom is 0.490 e. The molecule has 1 aliphatic carbocycles. The molecule has 2 heterocycles. The van der Waals surface area contributed by atoms with Gasteiger partial charge in [0.05, 0.1) is 22.3 Å². The first kappa shape index (κ1) is 40.0. The van der Waals surface area contributed by atoms with Crippen LogP contribution in [-0.4, -0.2) is 80.0 Å². The number of halogens is 6. The van der Waals surface area contributed by atoms with Gasteiger partial charge < -0.3 is 31.3 Å². The molecule has 2 aromatic carbocycles. The highest BCUT2D eigenvalue weighted by Gasteiger charge is 2.39. The van der Waals surface area contributed by atoms with Crippen LogP contribution in [0, 0.1) is 12.3 Å². The second-order valence-electron chi connectivity index (χ2n) is 10.8. The van der Waals surface area contributed by atoms with Crippen molar-refractivity contribution in [2.75, 3.05) is 17.2 Å². The molecule has 14 nitrogen and oxygen atoms in total. The summed E-state index contributed by atoms with van der Waals surface area (Å²) in [6.45, 7) is 4.52. The standard InChI is InChI=1S/C26H30N8O2S.2C2HF3O2/c1-3-36-15-9-11-20-21(13-15)37-26(32-20)34-24(35)23-29-17-10-8-14(2)12-16(17)22(33-23)30-18-6-4-5-7-19(18)31-25(27)28;2*3-2(4,5)1(6)7/h8-13,18-19H,3-7H2,1-2H3,(H4,27,28,31)(H,29,30,33)(H,32,34,35);2*(H,6,7). The average Bonchev–Trinajstić information content (AvgIpc) is 3.43. The maximum absolute atomic E-state index is 13.2. The van der Waals surface area contributed by atoms with E-state index in [2.05, 4.69) is 30.9 Å². The van der Waals surface area contributed by atoms with Crippen LogP contribution in [-0.2, 0) is 9.59 Å². The number of hydrogen-bond acceptors (Lipinski definition) is 10. The highest BCUT2D eigenvalue weighted by molar-refractivity contribution is 7.22. The van der Waals surface area contributed by atoms with Crippen LogP contribution in [0.2, 0.25) is 0 Å². The number of alkyl halides is 6. The van der Waals surface area contributed by atoms with Crippen LogP contribution in [0.25, 0.3) is 21.1 Å². The summed E-state index contributed by atoms with van der Waals surface area (Å²) in [7, 11) is 0. The monoisotopic (exact) mass is 746 g/mol. The summed E-state index contributed by atoms with van der Waals surface area (Å²) in [5.74, 6) is -4.59. The summed E-state index contributed by atoms with van der Waals surface area (Å²) in [5, 5.41) is 32.7. The Hall–Kier alpha value is -5.47. The van der Waals surface area contributed by atoms with Gasteiger partial charge >= 0.3 is 24.3 Å². The number of nitrogens with zero attached hydrogens (tertiary/aromatic N) is 3. The minimum atomic E-state index is -5.08. The molecule has 51 heavy (non-hydrogen) atoms. The van der Waals surface area contributed by atoms with E-state index in [1.165, 1.54) is 11.3 Å². The number of thiazole rings is 1. The number of guanidine groups is 1. The van der Waals surface area contributed by atoms with E-state index >= 15 is 0 Å². The number of aromatic nitrogens is 3. The normalized spacial score (nSPS) is 15.8. The molecule has 0 bridgehead atoms. The lowest BCUT2D eigenvalue weighted by Gasteiger charge is -2.33. The van der Waals surface area contributed by atoms with Crippen molar-refractivity contribution >= 4 is 67.2 Å². The lowest BCUT2D eigenvalue weighted by atomic mass is 9.90. The van der Waals surface area contributed by atoms with E-state index in [9.17, 15) is 31.1 Å². The van der Waals surface area contributed by atoms with Gasteiger partial charge in [-0.1, -0.05) is 35.8 Å². The molecule has 8 N–H and O–H groups in total. The number of hydrogen-bond donors (Lipinski definition) is 7. The molecule has 0 aliphatic heterocycles. The van der Waals surface area contributed by atoms with Crippen molar-refractivity contribution in [2.24, 2.45) is 5.73 Å². The van der Waals surface area contributed by atoms with Gasteiger partial charge in [0.1, 0.15) is 11.6 Å². The summed E-state index contributed by atoms with van der Waals surface area (Å²) in [6, 6.07) is 11.5. The second-order valence-corrected chi connectivity index (χ2v) is 11.8. The van der Waals surface area contributed by atoms with Gasteiger partial charge in [0.25, 0.3) is 5.91 Å². The van der Waals surface area contributed by atoms with Crippen molar-refractivity contribution in [2.45, 2.75) is 64.0 Å². The lowest BCUT2D eigenvalue weighted by molar-refractivity contribution is -0.193. The van der Waals surface area contributed by atoms with Crippen molar-refractivity contribution in [3.05, 3.63) is 47.8 Å². The number of rotatable bonds is 7. The topological polar surface area (TPSA) is 226 Å². The molecule has 21 heteroatoms. The van der Waals surface area contributed by atoms with Crippen LogP contribution in [0.15, 0.2) is 36.4 Å². The quantitative estimate of drug-likeness (QED) is 0.0690. The van der Waals surface area contributed by atoms with Gasteiger partial charge in [0.2, 0.25) is 5.82 Å². The Balaban J connectivity index is 0.000000424. The zero-order chi connectivity index (χ0) is 38.1. The molecule has 0 radical (unpaired) electrons. The number of nitrogens with one attached hydrogen (secondary N) is 4. The number of nitrogens with two attached hydrogens (primary N) is 1. The van der Waals surface area contributed by atoms with Gasteiger partial charge in [-0.3, -0.25) is 15.5 Å². The van der Waals surface area contributed by atoms with Gasteiger partial charge in [0.15, 0.2) is 11.1 Å². The number of carbonyl (C=O) groups is 3. The third-order valence-electron chi connectivity index (χ3n) is 6.86. The number of aryl methyl sites for hydroxylation is 1. The number of fused-ring (bicyclic) bond motifs is 2. The van der Waals surface area contributed by atoms with Crippen molar-refractivity contribution in [3.63, 3.8) is 0 Å². The van der Waals surface area contributed by atoms with Crippen LogP contribution in [0.3, 0.4) is 0 Å². The maximum atomic E-state index is 13.2. The summed E-state index contributed by atoms with van der Waals surface area (Å²) in [5.41, 5.74) is 8.15. The number of anilines is 2. The molecule has 2 unspecified atom stereocenters. The van der Waals surface area contributed by atoms with Crippen LogP contribution in [0.1, 0.15) is 48.8 Å². The molecule has 5 rings (SSSR count). The first-order valence-corrected chi connectivity index (χ1v) is 15.7. The summed E-state index contributed by atoms with van der Waals surface area (Å²) >= 11 is 1.37. The van der Waals surface area contributed by atoms with Crippen LogP contribution < -0.4 is 26.4 Å². The minimum absolute atomic E-state index is 0.00248. The minimum Gasteiger partial charge on any atom is -0.494 e. The van der Waals surface area contributed by atoms with Crippen molar-refractivity contribution in [3.8, 4) is 5.75 Å². The first-order valence-electron chi connectivity index (χ1n) is 14.9. The summed E-state index contributed by atoms with van der Waals surface area (Å²) in [4.78, 5) is 44.8. The first-order chi connectivity index (χ1) is 23.8. The number of carboxylic acid groups (broad SMARTS) is 2. The third kappa shape index (κ3) is 11.8. The van der Waals surface area contributed by atoms with E-state index < -0.39 is 30.2 Å². The van der Waals surface area contributed by atoms with E-state index in [4.69, 9.17) is 35.7 Å². The van der Waals surface area contributed by atoms with Gasteiger partial charge in [-0.25, -0.2) is 24.5 Å². The zero-order valence-corrected chi connectivity index (χ0v) is 27.6. The SMILES string of the molecule is CCOc1ccc2nc(NC(=O)c3nc(NC4CCCCC4NC(=N)N)c4cc(C)ccc4n3)sc2c1.O=C(O)C(F)(F)F.O=C(O)C(F)(F)F. The van der Waals surface area contributed by atoms with E-state index in [0.717, 1.165) is 52.6 Å². The number of ether oxygens (including phenoxy) is 1. The van der Waals surface area contributed by atoms with E-state index in [-0.39, 0.29) is 23.9 Å². The molecular weight excluding hydrogens is 714 g/mol. The molecule has 1 aliphatic rings. The Labute approximate surface area is 288 Å². The lowest BCUT2D eigenvalue weighted by Crippen LogP contribution is -2.50. The molecule has 1 saturated carbocycles. The molecule has 4 aromatic rings. The molecule has 1 amide bonds. The van der Waals surface area contributed by atoms with E-state index in [1.807, 2.05) is 50.2 Å². The Morgan fingerprint density at radius 1 is 0.941 bits per heavy atom. The smallest absolute Gasteiger partial charge is 0.490 e. The fourth-order valence-corrected chi connectivity index (χ4v) is 5.56. The number of amides is 1.